The van der Waals surface area contributed by atoms with Crippen LogP contribution in [0.4, 0.5) is 0 Å². The molecule has 0 N–H and O–H groups in total. The van der Waals surface area contributed by atoms with Crippen molar-refractivity contribution in [3.63, 3.8) is 0 Å². The fraction of sp³-hybridized carbons (Fsp3) is 0. The molecule has 0 aliphatic carbocycles. The van der Waals surface area contributed by atoms with Gasteiger partial charge in [-0.2, -0.15) is 0 Å². The summed E-state index contributed by atoms with van der Waals surface area (Å²) in [5, 5.41) is 0. The molecule has 11 heavy (non-hydrogen) atoms. The minimum absolute atomic E-state index is 0.450. The molecule has 0 aromatic carbocycles. The maximum absolute atomic E-state index is 4.98. The predicted molar refractivity (Wildman–Crippen MR) is 37.5 cm³/mol. The Morgan fingerprint density at radius 1 is 1.00 bits per heavy atom. The van der Waals surface area contributed by atoms with E-state index in [0.717, 1.165) is 0 Å². The summed E-state index contributed by atoms with van der Waals surface area (Å²) in [6.07, 6.45) is 6.34. The molecule has 4 heteroatoms. The van der Waals surface area contributed by atoms with Crippen LogP contribution in [0, 0.1) is 0 Å². The Labute approximate surface area is 62.9 Å². The van der Waals surface area contributed by atoms with E-state index in [4.69, 9.17) is 4.42 Å². The molecule has 2 aromatic heterocycles. The first-order valence-electron chi connectivity index (χ1n) is 3.14. The van der Waals surface area contributed by atoms with Crippen molar-refractivity contribution in [1.29, 1.82) is 0 Å². The van der Waals surface area contributed by atoms with Gasteiger partial charge in [0.05, 0.1) is 6.20 Å². The third kappa shape index (κ3) is 1.10. The molecule has 0 aliphatic heterocycles. The normalized spacial score (nSPS) is 9.82. The summed E-state index contributed by atoms with van der Waals surface area (Å²) in [6, 6.07) is 1.74. The Morgan fingerprint density at radius 2 is 1.82 bits per heavy atom. The minimum Gasteiger partial charge on any atom is -0.442 e. The average Bonchev–Trinajstić information content (AvgIpc) is 2.58. The van der Waals surface area contributed by atoms with Gasteiger partial charge >= 0.3 is 0 Å². The van der Waals surface area contributed by atoms with Crippen LogP contribution in [0.15, 0.2) is 35.3 Å². The van der Waals surface area contributed by atoms with Crippen LogP contribution >= 0.6 is 0 Å². The van der Waals surface area contributed by atoms with Crippen molar-refractivity contribution in [3.05, 3.63) is 30.9 Å². The van der Waals surface area contributed by atoms with Gasteiger partial charge in [0.15, 0.2) is 0 Å². The van der Waals surface area contributed by atoms with E-state index in [2.05, 4.69) is 15.0 Å². The number of hydrogen-bond donors (Lipinski definition) is 0. The Hall–Kier alpha value is -1.71. The molecule has 4 nitrogen and oxygen atoms in total. The van der Waals surface area contributed by atoms with Gasteiger partial charge < -0.3 is 4.42 Å². The molecule has 0 bridgehead atoms. The lowest BCUT2D eigenvalue weighted by Crippen LogP contribution is -1.85. The minimum atomic E-state index is 0.450. The van der Waals surface area contributed by atoms with Crippen LogP contribution in [0.3, 0.4) is 0 Å². The zero-order valence-electron chi connectivity index (χ0n) is 5.64. The summed E-state index contributed by atoms with van der Waals surface area (Å²) in [7, 11) is 0. The van der Waals surface area contributed by atoms with E-state index >= 15 is 0 Å². The van der Waals surface area contributed by atoms with Crippen LogP contribution in [0.25, 0.3) is 11.7 Å². The van der Waals surface area contributed by atoms with Crippen molar-refractivity contribution >= 4 is 0 Å². The van der Waals surface area contributed by atoms with Gasteiger partial charge in [0, 0.05) is 12.4 Å². The molecule has 0 radical (unpaired) electrons. The van der Waals surface area contributed by atoms with Gasteiger partial charge in [0.25, 0.3) is 5.89 Å². The summed E-state index contributed by atoms with van der Waals surface area (Å²) < 4.78 is 4.98. The van der Waals surface area contributed by atoms with E-state index in [-0.39, 0.29) is 0 Å². The summed E-state index contributed by atoms with van der Waals surface area (Å²) in [5.41, 5.74) is 0. The van der Waals surface area contributed by atoms with Gasteiger partial charge in [-0.05, 0) is 6.07 Å². The zero-order valence-corrected chi connectivity index (χ0v) is 5.64. The average molecular weight is 147 g/mol. The van der Waals surface area contributed by atoms with Gasteiger partial charge in [-0.3, -0.25) is 0 Å². The first-order chi connectivity index (χ1) is 5.47. The van der Waals surface area contributed by atoms with E-state index in [1.54, 1.807) is 24.7 Å². The SMILES string of the molecule is c1cnc(-c2ncco2)nc1. The van der Waals surface area contributed by atoms with Gasteiger partial charge in [-0.15, -0.1) is 0 Å². The van der Waals surface area contributed by atoms with Gasteiger partial charge in [0.1, 0.15) is 6.26 Å². The van der Waals surface area contributed by atoms with E-state index in [1.165, 1.54) is 6.26 Å². The maximum Gasteiger partial charge on any atom is 0.264 e. The maximum atomic E-state index is 4.98. The lowest BCUT2D eigenvalue weighted by atomic mass is 10.5. The second-order valence-corrected chi connectivity index (χ2v) is 1.91. The van der Waals surface area contributed by atoms with Crippen molar-refractivity contribution in [2.45, 2.75) is 0 Å². The highest BCUT2D eigenvalue weighted by Gasteiger charge is 2.01. The van der Waals surface area contributed by atoms with Crippen molar-refractivity contribution in [2.24, 2.45) is 0 Å². The molecule has 2 aromatic rings. The fourth-order valence-corrected chi connectivity index (χ4v) is 0.743. The van der Waals surface area contributed by atoms with E-state index in [9.17, 15) is 0 Å². The fourth-order valence-electron chi connectivity index (χ4n) is 0.743. The summed E-state index contributed by atoms with van der Waals surface area (Å²) in [6.45, 7) is 0. The molecule has 0 saturated carbocycles. The van der Waals surface area contributed by atoms with Crippen LogP contribution in [0.5, 0.6) is 0 Å². The monoisotopic (exact) mass is 147 g/mol. The number of rotatable bonds is 1. The first kappa shape index (κ1) is 6.03. The summed E-state index contributed by atoms with van der Waals surface area (Å²) in [5.74, 6) is 0.961. The molecular formula is C7H5N3O. The van der Waals surface area contributed by atoms with Crippen LogP contribution < -0.4 is 0 Å². The highest BCUT2D eigenvalue weighted by atomic mass is 16.3. The molecular weight excluding hydrogens is 142 g/mol. The Morgan fingerprint density at radius 3 is 2.45 bits per heavy atom. The third-order valence-corrected chi connectivity index (χ3v) is 1.19. The second-order valence-electron chi connectivity index (χ2n) is 1.91. The lowest BCUT2D eigenvalue weighted by molar-refractivity contribution is 0.569. The molecule has 0 unspecified atom stereocenters. The van der Waals surface area contributed by atoms with E-state index in [0.29, 0.717) is 11.7 Å². The molecule has 2 heterocycles. The summed E-state index contributed by atoms with van der Waals surface area (Å²) in [4.78, 5) is 11.8. The molecule has 0 spiro atoms. The number of nitrogens with zero attached hydrogens (tertiary/aromatic N) is 3. The van der Waals surface area contributed by atoms with Crippen molar-refractivity contribution in [1.82, 2.24) is 15.0 Å². The van der Waals surface area contributed by atoms with Crippen LogP contribution in [0.1, 0.15) is 0 Å². The standard InChI is InChI=1S/C7H5N3O/c1-2-8-6(9-3-1)7-10-4-5-11-7/h1-5H. The Balaban J connectivity index is 2.46. The van der Waals surface area contributed by atoms with Crippen molar-refractivity contribution in [2.75, 3.05) is 0 Å². The third-order valence-electron chi connectivity index (χ3n) is 1.19. The van der Waals surface area contributed by atoms with Crippen LogP contribution in [-0.4, -0.2) is 15.0 Å². The van der Waals surface area contributed by atoms with Gasteiger partial charge in [-0.1, -0.05) is 0 Å². The number of oxazole rings is 1. The molecule has 0 saturated heterocycles. The quantitative estimate of drug-likeness (QED) is 0.606. The molecule has 0 fully saturated rings. The summed E-state index contributed by atoms with van der Waals surface area (Å²) >= 11 is 0. The first-order valence-corrected chi connectivity index (χ1v) is 3.14. The largest absolute Gasteiger partial charge is 0.442 e. The molecule has 0 amide bonds. The lowest BCUT2D eigenvalue weighted by Gasteiger charge is -1.88. The van der Waals surface area contributed by atoms with Crippen molar-refractivity contribution < 1.29 is 4.42 Å². The second kappa shape index (κ2) is 2.49. The Kier molecular flexibility index (Phi) is 1.37. The zero-order chi connectivity index (χ0) is 7.52. The smallest absolute Gasteiger partial charge is 0.264 e. The molecule has 54 valence electrons. The van der Waals surface area contributed by atoms with E-state index < -0.39 is 0 Å². The van der Waals surface area contributed by atoms with Crippen molar-refractivity contribution in [3.8, 4) is 11.7 Å². The van der Waals surface area contributed by atoms with Crippen LogP contribution in [0.2, 0.25) is 0 Å². The number of hydrogen-bond acceptors (Lipinski definition) is 4. The predicted octanol–water partition coefficient (Wildman–Crippen LogP) is 1.13. The molecule has 2 rings (SSSR count). The van der Waals surface area contributed by atoms with Crippen LogP contribution in [-0.2, 0) is 0 Å². The topological polar surface area (TPSA) is 51.8 Å². The van der Waals surface area contributed by atoms with Gasteiger partial charge in [-0.25, -0.2) is 15.0 Å². The Bertz CT molecular complexity index is 317. The highest BCUT2D eigenvalue weighted by molar-refractivity contribution is 5.37. The van der Waals surface area contributed by atoms with Gasteiger partial charge in [0.2, 0.25) is 5.82 Å². The highest BCUT2D eigenvalue weighted by Crippen LogP contribution is 2.08. The molecule has 0 atom stereocenters. The number of aromatic nitrogens is 3. The van der Waals surface area contributed by atoms with E-state index in [1.807, 2.05) is 0 Å². The molecule has 0 aliphatic rings.